The van der Waals surface area contributed by atoms with Gasteiger partial charge in [0.25, 0.3) is 0 Å². The molecule has 3 rings (SSSR count). The Morgan fingerprint density at radius 1 is 0.793 bits per heavy atom. The van der Waals surface area contributed by atoms with Gasteiger partial charge in [-0.1, -0.05) is 18.2 Å². The third-order valence-corrected chi connectivity index (χ3v) is 8.85. The van der Waals surface area contributed by atoms with E-state index in [-0.39, 0.29) is 44.6 Å². The highest BCUT2D eigenvalue weighted by Gasteiger charge is 2.34. The molecule has 58 heavy (non-hydrogen) atoms. The van der Waals surface area contributed by atoms with Crippen LogP contribution in [0.2, 0.25) is 0 Å². The lowest BCUT2D eigenvalue weighted by Gasteiger charge is -2.27. The number of carbonyl (C=O) groups excluding carboxylic acids is 6. The van der Waals surface area contributed by atoms with Crippen LogP contribution in [0.1, 0.15) is 43.9 Å². The number of benzene rings is 1. The van der Waals surface area contributed by atoms with Crippen LogP contribution in [-0.4, -0.2) is 133 Å². The smallest absolute Gasteiger partial charge is 0.326 e. The van der Waals surface area contributed by atoms with Crippen LogP contribution >= 0.6 is 0 Å². The minimum atomic E-state index is -1.64. The van der Waals surface area contributed by atoms with Gasteiger partial charge in [0.1, 0.15) is 36.3 Å². The van der Waals surface area contributed by atoms with E-state index in [1.54, 1.807) is 30.5 Å². The molecule has 0 spiro atoms. The topological polar surface area (TPSA) is 401 Å². The number of aliphatic carboxylic acids is 1. The van der Waals surface area contributed by atoms with E-state index < -0.39 is 96.8 Å². The molecule has 0 saturated heterocycles. The number of carboxylic acids is 1. The maximum Gasteiger partial charge on any atom is 0.326 e. The van der Waals surface area contributed by atoms with Gasteiger partial charge in [0.05, 0.1) is 19.0 Å². The van der Waals surface area contributed by atoms with E-state index in [0.29, 0.717) is 22.2 Å². The van der Waals surface area contributed by atoms with Gasteiger partial charge in [-0.15, -0.1) is 0 Å². The first-order valence-corrected chi connectivity index (χ1v) is 18.2. The Bertz CT molecular complexity index is 1910. The third-order valence-electron chi connectivity index (χ3n) is 8.85. The van der Waals surface area contributed by atoms with E-state index in [9.17, 15) is 48.9 Å². The number of nitrogens with two attached hydrogens (primary N) is 4. The predicted octanol–water partition coefficient (Wildman–Crippen LogP) is -4.80. The first-order valence-electron chi connectivity index (χ1n) is 18.2. The molecule has 23 nitrogen and oxygen atoms in total. The number of rotatable bonds is 24. The molecule has 18 N–H and O–H groups in total. The average molecular weight is 814 g/mol. The van der Waals surface area contributed by atoms with Gasteiger partial charge in [-0.25, -0.2) is 9.78 Å². The Hall–Kier alpha value is -6.59. The Balaban J connectivity index is 1.93. The van der Waals surface area contributed by atoms with E-state index in [2.05, 4.69) is 46.5 Å². The number of aliphatic hydroxyl groups is 2. The van der Waals surface area contributed by atoms with Crippen molar-refractivity contribution in [3.63, 3.8) is 0 Å². The molecular formula is C35H51N13O10. The summed E-state index contributed by atoms with van der Waals surface area (Å²) in [6.07, 6.45) is 2.03. The van der Waals surface area contributed by atoms with Crippen molar-refractivity contribution in [2.24, 2.45) is 27.9 Å². The van der Waals surface area contributed by atoms with Crippen molar-refractivity contribution >= 4 is 58.3 Å². The highest BCUT2D eigenvalue weighted by atomic mass is 16.4. The SMILES string of the molecule is C[C@@H](O)[C@H](N)C(=O)N[C@@H](CO)C(=O)N[C@@H](CCC(N)=O)C(=O)N[C@@H](Cc1c[nH]c2ccccc12)C(=O)N[C@@H](Cc1cnc[nH]1)C(=O)N[C@@H](CCCN=C(N)N)C(=O)O. The Morgan fingerprint density at radius 2 is 1.38 bits per heavy atom. The molecule has 316 valence electrons. The number of fused-ring (bicyclic) bond motifs is 1. The minimum Gasteiger partial charge on any atom is -0.480 e. The van der Waals surface area contributed by atoms with Gasteiger partial charge in [-0.3, -0.25) is 33.8 Å². The second-order valence-electron chi connectivity index (χ2n) is 13.4. The number of carboxylic acid groups (broad SMARTS) is 1. The number of hydrogen-bond donors (Lipinski definition) is 14. The van der Waals surface area contributed by atoms with Crippen molar-refractivity contribution < 1.29 is 48.9 Å². The normalized spacial score (nSPS) is 14.7. The molecule has 2 aromatic heterocycles. The molecule has 0 aliphatic carbocycles. The number of aliphatic imine (C=N–C) groups is 1. The molecule has 0 fully saturated rings. The summed E-state index contributed by atoms with van der Waals surface area (Å²) in [7, 11) is 0. The van der Waals surface area contributed by atoms with Crippen molar-refractivity contribution in [2.45, 2.75) is 87.8 Å². The summed E-state index contributed by atoms with van der Waals surface area (Å²) in [5, 5.41) is 42.2. The van der Waals surface area contributed by atoms with E-state index in [1.165, 1.54) is 19.4 Å². The molecule has 0 aliphatic heterocycles. The first kappa shape index (κ1) is 45.8. The molecule has 0 saturated carbocycles. The standard InChI is InChI=1S/C35H51N13O10/c1-17(50)28(37)33(56)48-26(15-49)32(55)44-22(8-9-27(36)51)29(52)46-24(11-18-13-42-21-6-3-2-5-20(18)21)30(53)47-25(12-19-14-40-16-43-19)31(54)45-23(34(57)58)7-4-10-41-35(38)39/h2-3,5-6,13-14,16-17,22-26,28,42,49-50H,4,7-12,15,37H2,1H3,(H2,36,51)(H,40,43)(H,44,55)(H,45,54)(H,46,52)(H,47,53)(H,48,56)(H,57,58)(H4,38,39,41)/t17-,22+,23+,24+,25+,26+,28+/m1/s1. The minimum absolute atomic E-state index is 0.0611. The highest BCUT2D eigenvalue weighted by Crippen LogP contribution is 2.19. The average Bonchev–Trinajstić information content (AvgIpc) is 3.85. The van der Waals surface area contributed by atoms with Crippen molar-refractivity contribution in [2.75, 3.05) is 13.2 Å². The monoisotopic (exact) mass is 813 g/mol. The third kappa shape index (κ3) is 14.2. The molecule has 3 aromatic rings. The Labute approximate surface area is 331 Å². The van der Waals surface area contributed by atoms with Gasteiger partial charge >= 0.3 is 5.97 Å². The fourth-order valence-electron chi connectivity index (χ4n) is 5.64. The van der Waals surface area contributed by atoms with Crippen molar-refractivity contribution in [1.29, 1.82) is 0 Å². The maximum atomic E-state index is 14.2. The number of amides is 6. The zero-order chi connectivity index (χ0) is 42.9. The molecule has 0 bridgehead atoms. The summed E-state index contributed by atoms with van der Waals surface area (Å²) in [6, 6.07) is -1.84. The molecule has 1 aromatic carbocycles. The molecule has 2 heterocycles. The van der Waals surface area contributed by atoms with Crippen molar-refractivity contribution in [3.8, 4) is 0 Å². The number of primary amides is 1. The number of aliphatic hydroxyl groups excluding tert-OH is 2. The van der Waals surface area contributed by atoms with Gasteiger partial charge in [0.15, 0.2) is 5.96 Å². The number of nitrogens with zero attached hydrogens (tertiary/aromatic N) is 2. The predicted molar refractivity (Wildman–Crippen MR) is 207 cm³/mol. The van der Waals surface area contributed by atoms with Crippen molar-refractivity contribution in [1.82, 2.24) is 41.5 Å². The number of guanidine groups is 1. The van der Waals surface area contributed by atoms with Crippen LogP contribution < -0.4 is 49.5 Å². The fourth-order valence-corrected chi connectivity index (χ4v) is 5.64. The number of aromatic amines is 2. The zero-order valence-corrected chi connectivity index (χ0v) is 31.6. The lowest BCUT2D eigenvalue weighted by atomic mass is 10.0. The molecule has 0 aliphatic rings. The van der Waals surface area contributed by atoms with Gasteiger partial charge < -0.3 is 74.8 Å². The lowest BCUT2D eigenvalue weighted by molar-refractivity contribution is -0.142. The fraction of sp³-hybridized carbons (Fsp3) is 0.457. The van der Waals surface area contributed by atoms with Crippen LogP contribution in [0.3, 0.4) is 0 Å². The molecular weight excluding hydrogens is 762 g/mol. The van der Waals surface area contributed by atoms with Crippen molar-refractivity contribution in [3.05, 3.63) is 54.2 Å². The first-order chi connectivity index (χ1) is 27.5. The summed E-state index contributed by atoms with van der Waals surface area (Å²) >= 11 is 0. The second kappa shape index (κ2) is 22.2. The molecule has 7 atom stereocenters. The molecule has 0 unspecified atom stereocenters. The van der Waals surface area contributed by atoms with Crippen LogP contribution in [0.25, 0.3) is 10.9 Å². The van der Waals surface area contributed by atoms with Gasteiger partial charge in [-0.2, -0.15) is 0 Å². The highest BCUT2D eigenvalue weighted by molar-refractivity contribution is 5.97. The summed E-state index contributed by atoms with van der Waals surface area (Å²) < 4.78 is 0. The number of para-hydroxylation sites is 1. The van der Waals surface area contributed by atoms with Gasteiger partial charge in [-0.05, 0) is 37.8 Å². The van der Waals surface area contributed by atoms with Crippen LogP contribution in [0, 0.1) is 0 Å². The van der Waals surface area contributed by atoms with Crippen LogP contribution in [-0.2, 0) is 46.4 Å². The molecule has 23 heteroatoms. The summed E-state index contributed by atoms with van der Waals surface area (Å²) in [5.74, 6) is -7.19. The summed E-state index contributed by atoms with van der Waals surface area (Å²) in [4.78, 5) is 105. The Kier molecular flexibility index (Phi) is 17.6. The zero-order valence-electron chi connectivity index (χ0n) is 31.6. The van der Waals surface area contributed by atoms with Crippen LogP contribution in [0.5, 0.6) is 0 Å². The van der Waals surface area contributed by atoms with Gasteiger partial charge in [0.2, 0.25) is 35.4 Å². The number of hydrogen-bond acceptors (Lipinski definition) is 12. The summed E-state index contributed by atoms with van der Waals surface area (Å²) in [6.45, 7) is 0.390. The number of carbonyl (C=O) groups is 7. The number of aromatic nitrogens is 3. The summed E-state index contributed by atoms with van der Waals surface area (Å²) in [5.41, 5.74) is 23.3. The number of imidazole rings is 1. The number of nitrogens with one attached hydrogen (secondary N) is 7. The molecule has 6 amide bonds. The van der Waals surface area contributed by atoms with Gasteiger partial charge in [0, 0.05) is 54.8 Å². The van der Waals surface area contributed by atoms with E-state index in [0.717, 1.165) is 0 Å². The lowest BCUT2D eigenvalue weighted by Crippen LogP contribution is -2.60. The quantitative estimate of drug-likeness (QED) is 0.0229. The van der Waals surface area contributed by atoms with E-state index in [4.69, 9.17) is 22.9 Å². The largest absolute Gasteiger partial charge is 0.480 e. The van der Waals surface area contributed by atoms with E-state index in [1.807, 2.05) is 0 Å². The van der Waals surface area contributed by atoms with Crippen LogP contribution in [0.15, 0.2) is 48.0 Å². The Morgan fingerprint density at radius 3 is 1.97 bits per heavy atom. The maximum absolute atomic E-state index is 14.2. The number of H-pyrrole nitrogens is 2. The van der Waals surface area contributed by atoms with Crippen LogP contribution in [0.4, 0.5) is 0 Å². The second-order valence-corrected chi connectivity index (χ2v) is 13.4. The molecule has 0 radical (unpaired) electrons. The van der Waals surface area contributed by atoms with E-state index >= 15 is 0 Å².